The van der Waals surface area contributed by atoms with Gasteiger partial charge in [0.05, 0.1) is 0 Å². The van der Waals surface area contributed by atoms with Gasteiger partial charge in [-0.25, -0.2) is 0 Å². The van der Waals surface area contributed by atoms with E-state index in [1.807, 2.05) is 0 Å². The minimum absolute atomic E-state index is 0.0311. The van der Waals surface area contributed by atoms with E-state index in [2.05, 4.69) is 126 Å². The maximum atomic E-state index is 2.49. The van der Waals surface area contributed by atoms with Gasteiger partial charge in [-0.3, -0.25) is 0 Å². The van der Waals surface area contributed by atoms with Gasteiger partial charge in [-0.1, -0.05) is 100 Å². The monoisotopic (exact) mass is 492 g/mol. The third-order valence-electron chi connectivity index (χ3n) is 9.56. The first-order valence-electron chi connectivity index (χ1n) is 14.1. The van der Waals surface area contributed by atoms with Crippen molar-refractivity contribution in [3.8, 4) is 22.3 Å². The molecule has 0 radical (unpaired) electrons. The molecular formula is C38H36. The average molecular weight is 493 g/mol. The topological polar surface area (TPSA) is 0 Å². The Kier molecular flexibility index (Phi) is 4.90. The molecule has 0 N–H and O–H groups in total. The summed E-state index contributed by atoms with van der Waals surface area (Å²) in [5.41, 5.74) is 20.5. The Labute approximate surface area is 227 Å². The van der Waals surface area contributed by atoms with Crippen molar-refractivity contribution in [1.82, 2.24) is 0 Å². The van der Waals surface area contributed by atoms with Gasteiger partial charge < -0.3 is 0 Å². The molecule has 0 saturated carbocycles. The van der Waals surface area contributed by atoms with Crippen molar-refractivity contribution >= 4 is 11.1 Å². The SMILES string of the molecule is Cc1cc(-c2ccccc2)cc2c1C1=C(C3=C(CC1)c1c(C)cc(-c4ccccc4)cc1C3(C)C)C2(C)C. The van der Waals surface area contributed by atoms with Crippen LogP contribution in [0.15, 0.2) is 96.1 Å². The quantitative estimate of drug-likeness (QED) is 0.261. The highest BCUT2D eigenvalue weighted by Gasteiger charge is 2.50. The van der Waals surface area contributed by atoms with E-state index in [0.29, 0.717) is 0 Å². The number of benzene rings is 4. The summed E-state index contributed by atoms with van der Waals surface area (Å²) in [4.78, 5) is 0. The molecule has 0 aromatic heterocycles. The van der Waals surface area contributed by atoms with Gasteiger partial charge in [-0.15, -0.1) is 0 Å². The van der Waals surface area contributed by atoms with E-state index in [-0.39, 0.29) is 10.8 Å². The molecular weight excluding hydrogens is 456 g/mol. The summed E-state index contributed by atoms with van der Waals surface area (Å²) in [6, 6.07) is 31.5. The molecule has 7 rings (SSSR count). The van der Waals surface area contributed by atoms with Crippen molar-refractivity contribution in [3.63, 3.8) is 0 Å². The van der Waals surface area contributed by atoms with Crippen LogP contribution >= 0.6 is 0 Å². The van der Waals surface area contributed by atoms with E-state index in [1.54, 1.807) is 22.3 Å². The molecule has 3 aliphatic carbocycles. The van der Waals surface area contributed by atoms with E-state index in [1.165, 1.54) is 55.6 Å². The Bertz CT molecular complexity index is 1560. The Balaban J connectivity index is 1.41. The molecule has 188 valence electrons. The van der Waals surface area contributed by atoms with E-state index in [0.717, 1.165) is 12.8 Å². The molecule has 0 heterocycles. The predicted octanol–water partition coefficient (Wildman–Crippen LogP) is 10.2. The molecule has 0 atom stereocenters. The van der Waals surface area contributed by atoms with Crippen LogP contribution in [0.2, 0.25) is 0 Å². The summed E-state index contributed by atoms with van der Waals surface area (Å²) in [5, 5.41) is 0. The molecule has 0 fully saturated rings. The number of hydrogen-bond donors (Lipinski definition) is 0. The second-order valence-corrected chi connectivity index (χ2v) is 12.6. The number of fused-ring (bicyclic) bond motifs is 5. The number of hydrogen-bond acceptors (Lipinski definition) is 0. The van der Waals surface area contributed by atoms with E-state index in [9.17, 15) is 0 Å². The summed E-state index contributed by atoms with van der Waals surface area (Å²) >= 11 is 0. The van der Waals surface area contributed by atoms with Gasteiger partial charge in [0.15, 0.2) is 0 Å². The van der Waals surface area contributed by atoms with Gasteiger partial charge in [0.1, 0.15) is 0 Å². The van der Waals surface area contributed by atoms with Crippen LogP contribution in [0.1, 0.15) is 73.9 Å². The first kappa shape index (κ1) is 23.5. The fourth-order valence-electron chi connectivity index (χ4n) is 7.91. The largest absolute Gasteiger partial charge is 0.0622 e. The van der Waals surface area contributed by atoms with Crippen LogP contribution in [-0.2, 0) is 10.8 Å². The van der Waals surface area contributed by atoms with Crippen LogP contribution in [0.5, 0.6) is 0 Å². The third kappa shape index (κ3) is 3.10. The Morgan fingerprint density at radius 2 is 0.842 bits per heavy atom. The Morgan fingerprint density at radius 1 is 0.474 bits per heavy atom. The minimum Gasteiger partial charge on any atom is -0.0622 e. The number of rotatable bonds is 2. The predicted molar refractivity (Wildman–Crippen MR) is 162 cm³/mol. The fourth-order valence-corrected chi connectivity index (χ4v) is 7.91. The molecule has 38 heavy (non-hydrogen) atoms. The molecule has 0 amide bonds. The first-order chi connectivity index (χ1) is 18.2. The van der Waals surface area contributed by atoms with Crippen molar-refractivity contribution in [2.24, 2.45) is 0 Å². The van der Waals surface area contributed by atoms with Crippen molar-refractivity contribution in [3.05, 3.63) is 129 Å². The molecule has 0 nitrogen and oxygen atoms in total. The smallest absolute Gasteiger partial charge is 0.0159 e. The van der Waals surface area contributed by atoms with Crippen LogP contribution in [0, 0.1) is 13.8 Å². The minimum atomic E-state index is -0.0311. The van der Waals surface area contributed by atoms with Crippen molar-refractivity contribution in [2.45, 2.75) is 65.2 Å². The van der Waals surface area contributed by atoms with Gasteiger partial charge in [-0.2, -0.15) is 0 Å². The van der Waals surface area contributed by atoms with E-state index >= 15 is 0 Å². The molecule has 0 unspecified atom stereocenters. The van der Waals surface area contributed by atoms with E-state index < -0.39 is 0 Å². The summed E-state index contributed by atoms with van der Waals surface area (Å²) in [6.07, 6.45) is 2.26. The Morgan fingerprint density at radius 3 is 1.21 bits per heavy atom. The molecule has 0 saturated heterocycles. The summed E-state index contributed by atoms with van der Waals surface area (Å²) < 4.78 is 0. The van der Waals surface area contributed by atoms with Crippen molar-refractivity contribution in [2.75, 3.05) is 0 Å². The third-order valence-corrected chi connectivity index (χ3v) is 9.56. The second kappa shape index (κ2) is 7.93. The summed E-state index contributed by atoms with van der Waals surface area (Å²) in [7, 11) is 0. The zero-order chi connectivity index (χ0) is 26.4. The first-order valence-corrected chi connectivity index (χ1v) is 14.1. The Hall–Kier alpha value is -3.64. The fraction of sp³-hybridized carbons (Fsp3) is 0.263. The number of allylic oxidation sites excluding steroid dienone is 4. The maximum absolute atomic E-state index is 2.49. The lowest BCUT2D eigenvalue weighted by Crippen LogP contribution is -2.27. The van der Waals surface area contributed by atoms with Crippen LogP contribution in [0.25, 0.3) is 33.4 Å². The van der Waals surface area contributed by atoms with Gasteiger partial charge >= 0.3 is 0 Å². The van der Waals surface area contributed by atoms with Gasteiger partial charge in [-0.05, 0) is 117 Å². The lowest BCUT2D eigenvalue weighted by molar-refractivity contribution is 0.579. The molecule has 0 bridgehead atoms. The summed E-state index contributed by atoms with van der Waals surface area (Å²) in [5.74, 6) is 0. The number of aryl methyl sites for hydroxylation is 2. The molecule has 0 aliphatic heterocycles. The van der Waals surface area contributed by atoms with Gasteiger partial charge in [0.2, 0.25) is 0 Å². The lowest BCUT2D eigenvalue weighted by Gasteiger charge is -2.35. The zero-order valence-electron chi connectivity index (χ0n) is 23.5. The molecule has 4 aromatic carbocycles. The van der Waals surface area contributed by atoms with Crippen LogP contribution in [0.4, 0.5) is 0 Å². The highest BCUT2D eigenvalue weighted by molar-refractivity contribution is 5.98. The molecule has 0 heteroatoms. The molecule has 3 aliphatic rings. The van der Waals surface area contributed by atoms with Gasteiger partial charge in [0.25, 0.3) is 0 Å². The second-order valence-electron chi connectivity index (χ2n) is 12.6. The maximum Gasteiger partial charge on any atom is 0.0159 e. The van der Waals surface area contributed by atoms with Crippen LogP contribution in [-0.4, -0.2) is 0 Å². The van der Waals surface area contributed by atoms with Crippen molar-refractivity contribution in [1.29, 1.82) is 0 Å². The van der Waals surface area contributed by atoms with Crippen LogP contribution in [0.3, 0.4) is 0 Å². The van der Waals surface area contributed by atoms with E-state index in [4.69, 9.17) is 0 Å². The molecule has 0 spiro atoms. The highest BCUT2D eigenvalue weighted by atomic mass is 14.5. The normalized spacial score (nSPS) is 18.3. The van der Waals surface area contributed by atoms with Gasteiger partial charge in [0, 0.05) is 10.8 Å². The lowest BCUT2D eigenvalue weighted by atomic mass is 9.67. The molecule has 4 aromatic rings. The average Bonchev–Trinajstić information content (AvgIpc) is 3.29. The zero-order valence-corrected chi connectivity index (χ0v) is 23.5. The van der Waals surface area contributed by atoms with Crippen molar-refractivity contribution < 1.29 is 0 Å². The standard InChI is InChI=1S/C38H36/c1-23-19-27(25-13-9-7-10-14-25)21-31-33(23)29-17-18-30-34-24(2)20-28(26-15-11-8-12-16-26)22-32(34)38(5,6)36(30)35(29)37(31,3)4/h7-16,19-22H,17-18H2,1-6H3. The summed E-state index contributed by atoms with van der Waals surface area (Å²) in [6.45, 7) is 14.5. The highest BCUT2D eigenvalue weighted by Crippen LogP contribution is 2.63. The van der Waals surface area contributed by atoms with Crippen LogP contribution < -0.4 is 0 Å².